The van der Waals surface area contributed by atoms with Crippen molar-refractivity contribution < 1.29 is 9.59 Å². The molecule has 2 rings (SSSR count). The molecule has 0 saturated carbocycles. The van der Waals surface area contributed by atoms with Crippen molar-refractivity contribution in [3.63, 3.8) is 0 Å². The molecular weight excluding hydrogens is 224 g/mol. The highest BCUT2D eigenvalue weighted by Gasteiger charge is 2.34. The molecule has 0 saturated heterocycles. The maximum atomic E-state index is 11.7. The Balaban J connectivity index is 2.45. The minimum Gasteiger partial charge on any atom is -0.366 e. The van der Waals surface area contributed by atoms with Gasteiger partial charge in [-0.15, -0.1) is 11.8 Å². The summed E-state index contributed by atoms with van der Waals surface area (Å²) in [6.07, 6.45) is 0. The lowest BCUT2D eigenvalue weighted by Crippen LogP contribution is -2.37. The van der Waals surface area contributed by atoms with E-state index < -0.39 is 10.7 Å². The quantitative estimate of drug-likeness (QED) is 0.778. The summed E-state index contributed by atoms with van der Waals surface area (Å²) in [5, 5.41) is 2.80. The number of primary amides is 1. The third-order valence-corrected chi connectivity index (χ3v) is 3.68. The molecule has 1 aromatic rings. The summed E-state index contributed by atoms with van der Waals surface area (Å²) in [5.74, 6) is -0.491. The van der Waals surface area contributed by atoms with Gasteiger partial charge in [-0.25, -0.2) is 0 Å². The van der Waals surface area contributed by atoms with Crippen molar-refractivity contribution in [2.24, 2.45) is 5.73 Å². The zero-order chi connectivity index (χ0) is 11.9. The minimum absolute atomic E-state index is 0.0307. The van der Waals surface area contributed by atoms with Gasteiger partial charge in [0.1, 0.15) is 0 Å². The number of fused-ring (bicyclic) bond motifs is 1. The Morgan fingerprint density at radius 3 is 2.75 bits per heavy atom. The van der Waals surface area contributed by atoms with Crippen LogP contribution in [0.3, 0.4) is 0 Å². The summed E-state index contributed by atoms with van der Waals surface area (Å²) in [6.45, 7) is 3.68. The molecule has 1 aliphatic rings. The Morgan fingerprint density at radius 2 is 2.12 bits per heavy atom. The first-order chi connectivity index (χ1) is 7.40. The average Bonchev–Trinajstić information content (AvgIpc) is 2.18. The minimum atomic E-state index is -0.525. The zero-order valence-electron chi connectivity index (χ0n) is 9.03. The van der Waals surface area contributed by atoms with Crippen LogP contribution in [0.4, 0.5) is 5.69 Å². The van der Waals surface area contributed by atoms with Crippen molar-refractivity contribution in [3.8, 4) is 0 Å². The number of carbonyl (C=O) groups is 2. The van der Waals surface area contributed by atoms with Crippen LogP contribution in [0, 0.1) is 0 Å². The molecule has 3 N–H and O–H groups in total. The molecule has 0 atom stereocenters. The van der Waals surface area contributed by atoms with Crippen LogP contribution in [0.15, 0.2) is 23.1 Å². The van der Waals surface area contributed by atoms with Crippen molar-refractivity contribution in [2.75, 3.05) is 5.32 Å². The summed E-state index contributed by atoms with van der Waals surface area (Å²) in [4.78, 5) is 23.6. The predicted octanol–water partition coefficient (Wildman–Crippen LogP) is 1.61. The topological polar surface area (TPSA) is 72.2 Å². The maximum Gasteiger partial charge on any atom is 0.248 e. The second-order valence-corrected chi connectivity index (χ2v) is 5.81. The number of rotatable bonds is 1. The molecule has 84 valence electrons. The fourth-order valence-corrected chi connectivity index (χ4v) is 2.57. The van der Waals surface area contributed by atoms with Crippen LogP contribution in [0.1, 0.15) is 24.2 Å². The first kappa shape index (κ1) is 11.0. The number of benzene rings is 1. The number of nitrogens with two attached hydrogens (primary N) is 1. The van der Waals surface area contributed by atoms with Crippen molar-refractivity contribution in [2.45, 2.75) is 23.5 Å². The molecule has 4 nitrogen and oxygen atoms in total. The third kappa shape index (κ3) is 1.78. The first-order valence-electron chi connectivity index (χ1n) is 4.84. The number of amides is 2. The highest BCUT2D eigenvalue weighted by Crippen LogP contribution is 2.42. The van der Waals surface area contributed by atoms with E-state index >= 15 is 0 Å². The van der Waals surface area contributed by atoms with Crippen LogP contribution in [0.25, 0.3) is 0 Å². The van der Waals surface area contributed by atoms with Crippen LogP contribution in [0.2, 0.25) is 0 Å². The van der Waals surface area contributed by atoms with Gasteiger partial charge in [0.15, 0.2) is 0 Å². The lowest BCUT2D eigenvalue weighted by molar-refractivity contribution is -0.117. The van der Waals surface area contributed by atoms with Crippen molar-refractivity contribution in [1.29, 1.82) is 0 Å². The Kier molecular flexibility index (Phi) is 2.42. The molecule has 5 heteroatoms. The van der Waals surface area contributed by atoms with Crippen LogP contribution >= 0.6 is 11.8 Å². The summed E-state index contributed by atoms with van der Waals surface area (Å²) >= 11 is 1.43. The Hall–Kier alpha value is -1.49. The largest absolute Gasteiger partial charge is 0.366 e. The molecule has 0 bridgehead atoms. The highest BCUT2D eigenvalue weighted by molar-refractivity contribution is 8.01. The number of carbonyl (C=O) groups excluding carboxylic acids is 2. The van der Waals surface area contributed by atoms with Crippen LogP contribution < -0.4 is 11.1 Å². The summed E-state index contributed by atoms with van der Waals surface area (Å²) in [5.41, 5.74) is 6.40. The lowest BCUT2D eigenvalue weighted by atomic mass is 10.1. The van der Waals surface area contributed by atoms with Crippen LogP contribution in [0.5, 0.6) is 0 Å². The average molecular weight is 236 g/mol. The van der Waals surface area contributed by atoms with Crippen molar-refractivity contribution in [1.82, 2.24) is 0 Å². The molecule has 16 heavy (non-hydrogen) atoms. The Bertz CT molecular complexity index is 483. The molecular formula is C11H12N2O2S. The van der Waals surface area contributed by atoms with E-state index in [1.807, 2.05) is 13.8 Å². The number of nitrogens with one attached hydrogen (secondary N) is 1. The number of thioether (sulfide) groups is 1. The molecule has 2 amide bonds. The van der Waals surface area contributed by atoms with Crippen LogP contribution in [-0.2, 0) is 4.79 Å². The van der Waals surface area contributed by atoms with E-state index in [0.717, 1.165) is 10.6 Å². The van der Waals surface area contributed by atoms with E-state index in [9.17, 15) is 9.59 Å². The fraction of sp³-hybridized carbons (Fsp3) is 0.273. The second-order valence-electron chi connectivity index (χ2n) is 4.14. The number of anilines is 1. The monoisotopic (exact) mass is 236 g/mol. The van der Waals surface area contributed by atoms with Crippen LogP contribution in [-0.4, -0.2) is 16.6 Å². The molecule has 0 unspecified atom stereocenters. The number of hydrogen-bond acceptors (Lipinski definition) is 3. The molecule has 0 fully saturated rings. The van der Waals surface area contributed by atoms with Gasteiger partial charge in [-0.3, -0.25) is 9.59 Å². The molecule has 0 spiro atoms. The van der Waals surface area contributed by atoms with Gasteiger partial charge in [0.2, 0.25) is 11.8 Å². The summed E-state index contributed by atoms with van der Waals surface area (Å²) < 4.78 is -0.525. The van der Waals surface area contributed by atoms with Gasteiger partial charge in [-0.2, -0.15) is 0 Å². The van der Waals surface area contributed by atoms with E-state index in [2.05, 4.69) is 5.32 Å². The molecule has 1 heterocycles. The van der Waals surface area contributed by atoms with Gasteiger partial charge < -0.3 is 11.1 Å². The molecule has 1 aliphatic heterocycles. The van der Waals surface area contributed by atoms with Gasteiger partial charge in [0.05, 0.1) is 10.4 Å². The summed E-state index contributed by atoms with van der Waals surface area (Å²) in [6, 6.07) is 5.03. The maximum absolute atomic E-state index is 11.7. The lowest BCUT2D eigenvalue weighted by Gasteiger charge is -2.29. The van der Waals surface area contributed by atoms with E-state index in [4.69, 9.17) is 5.73 Å². The molecule has 1 aromatic carbocycles. The van der Waals surface area contributed by atoms with Gasteiger partial charge in [-0.05, 0) is 32.0 Å². The fourth-order valence-electron chi connectivity index (χ4n) is 1.46. The van der Waals surface area contributed by atoms with E-state index in [-0.39, 0.29) is 5.91 Å². The standard InChI is InChI=1S/C11H12N2O2S/c1-11(2)10(15)13-7-4-3-6(9(12)14)5-8(7)16-11/h3-5H,1-2H3,(H2,12,14)(H,13,15). The number of hydrogen-bond donors (Lipinski definition) is 2. The predicted molar refractivity (Wildman–Crippen MR) is 63.5 cm³/mol. The summed E-state index contributed by atoms with van der Waals surface area (Å²) in [7, 11) is 0. The van der Waals surface area contributed by atoms with Gasteiger partial charge >= 0.3 is 0 Å². The Labute approximate surface area is 97.6 Å². The molecule has 0 aromatic heterocycles. The van der Waals surface area contributed by atoms with Gasteiger partial charge in [0, 0.05) is 10.5 Å². The highest BCUT2D eigenvalue weighted by atomic mass is 32.2. The smallest absolute Gasteiger partial charge is 0.248 e. The van der Waals surface area contributed by atoms with Gasteiger partial charge in [-0.1, -0.05) is 0 Å². The first-order valence-corrected chi connectivity index (χ1v) is 5.66. The van der Waals surface area contributed by atoms with Crippen molar-refractivity contribution in [3.05, 3.63) is 23.8 Å². The normalized spacial score (nSPS) is 17.5. The SMILES string of the molecule is CC1(C)Sc2cc(C(N)=O)ccc2NC1=O. The Morgan fingerprint density at radius 1 is 1.44 bits per heavy atom. The molecule has 0 radical (unpaired) electrons. The van der Waals surface area contributed by atoms with E-state index in [1.165, 1.54) is 11.8 Å². The third-order valence-electron chi connectivity index (χ3n) is 2.43. The van der Waals surface area contributed by atoms with E-state index in [0.29, 0.717) is 5.56 Å². The van der Waals surface area contributed by atoms with Crippen molar-refractivity contribution >= 4 is 29.3 Å². The zero-order valence-corrected chi connectivity index (χ0v) is 9.85. The molecule has 0 aliphatic carbocycles. The van der Waals surface area contributed by atoms with Gasteiger partial charge in [0.25, 0.3) is 0 Å². The van der Waals surface area contributed by atoms with E-state index in [1.54, 1.807) is 18.2 Å². The second kappa shape index (κ2) is 3.52.